The van der Waals surface area contributed by atoms with Crippen molar-refractivity contribution in [3.63, 3.8) is 0 Å². The summed E-state index contributed by atoms with van der Waals surface area (Å²) in [5.74, 6) is 2.82. The van der Waals surface area contributed by atoms with E-state index < -0.39 is 0 Å². The summed E-state index contributed by atoms with van der Waals surface area (Å²) >= 11 is 0. The SMILES string of the molecule is COc1ccc(CN=C(N)NCC(C)c2c(C)noc2C)cc1OC. The van der Waals surface area contributed by atoms with Crippen LogP contribution in [0.3, 0.4) is 0 Å². The van der Waals surface area contributed by atoms with Gasteiger partial charge in [0.15, 0.2) is 17.5 Å². The van der Waals surface area contributed by atoms with Crippen molar-refractivity contribution in [2.45, 2.75) is 33.2 Å². The number of rotatable bonds is 7. The molecule has 2 aromatic rings. The predicted octanol–water partition coefficient (Wildman–Crippen LogP) is 2.52. The minimum atomic E-state index is 0.223. The second-order valence-corrected chi connectivity index (χ2v) is 5.91. The molecule has 2 rings (SSSR count). The largest absolute Gasteiger partial charge is 0.493 e. The zero-order valence-corrected chi connectivity index (χ0v) is 15.4. The lowest BCUT2D eigenvalue weighted by atomic mass is 10.00. The second kappa shape index (κ2) is 8.41. The van der Waals surface area contributed by atoms with Gasteiger partial charge in [0.25, 0.3) is 0 Å². The number of guanidine groups is 1. The lowest BCUT2D eigenvalue weighted by molar-refractivity contribution is 0.354. The van der Waals surface area contributed by atoms with Gasteiger partial charge in [0, 0.05) is 18.0 Å². The second-order valence-electron chi connectivity index (χ2n) is 5.91. The molecule has 0 fully saturated rings. The molecule has 0 saturated carbocycles. The molecule has 0 aliphatic heterocycles. The molecule has 1 unspecified atom stereocenters. The van der Waals surface area contributed by atoms with Gasteiger partial charge in [-0.15, -0.1) is 0 Å². The normalized spacial score (nSPS) is 12.8. The maximum absolute atomic E-state index is 5.97. The maximum Gasteiger partial charge on any atom is 0.188 e. The number of methoxy groups -OCH3 is 2. The number of nitrogens with zero attached hydrogens (tertiary/aromatic N) is 2. The highest BCUT2D eigenvalue weighted by Crippen LogP contribution is 2.27. The first-order valence-electron chi connectivity index (χ1n) is 8.13. The molecule has 0 bridgehead atoms. The number of benzene rings is 1. The van der Waals surface area contributed by atoms with E-state index in [0.29, 0.717) is 30.5 Å². The van der Waals surface area contributed by atoms with Gasteiger partial charge in [0.1, 0.15) is 5.76 Å². The van der Waals surface area contributed by atoms with Gasteiger partial charge < -0.3 is 25.0 Å². The van der Waals surface area contributed by atoms with Crippen LogP contribution in [-0.4, -0.2) is 31.9 Å². The van der Waals surface area contributed by atoms with Crippen molar-refractivity contribution in [3.05, 3.63) is 40.8 Å². The molecular weight excluding hydrogens is 320 g/mol. The summed E-state index contributed by atoms with van der Waals surface area (Å²) in [4.78, 5) is 4.37. The van der Waals surface area contributed by atoms with E-state index in [-0.39, 0.29) is 5.92 Å². The van der Waals surface area contributed by atoms with Gasteiger partial charge in [-0.2, -0.15) is 0 Å². The average Bonchev–Trinajstić information content (AvgIpc) is 2.96. The van der Waals surface area contributed by atoms with Crippen LogP contribution < -0.4 is 20.5 Å². The molecule has 0 radical (unpaired) electrons. The van der Waals surface area contributed by atoms with Crippen LogP contribution in [0.2, 0.25) is 0 Å². The molecule has 0 aliphatic carbocycles. The Hall–Kier alpha value is -2.70. The smallest absolute Gasteiger partial charge is 0.188 e. The Kier molecular flexibility index (Phi) is 6.27. The minimum Gasteiger partial charge on any atom is -0.493 e. The highest BCUT2D eigenvalue weighted by Gasteiger charge is 2.16. The fourth-order valence-corrected chi connectivity index (χ4v) is 2.76. The Morgan fingerprint density at radius 2 is 2.00 bits per heavy atom. The van der Waals surface area contributed by atoms with Gasteiger partial charge in [0.05, 0.1) is 26.5 Å². The molecule has 0 amide bonds. The maximum atomic E-state index is 5.97. The predicted molar refractivity (Wildman–Crippen MR) is 97.3 cm³/mol. The highest BCUT2D eigenvalue weighted by atomic mass is 16.5. The fraction of sp³-hybridized carbons (Fsp3) is 0.444. The molecule has 7 nitrogen and oxygen atoms in total. The number of ether oxygens (including phenoxy) is 2. The number of hydrogen-bond acceptors (Lipinski definition) is 5. The molecule has 25 heavy (non-hydrogen) atoms. The van der Waals surface area contributed by atoms with Gasteiger partial charge in [-0.25, -0.2) is 4.99 Å². The van der Waals surface area contributed by atoms with E-state index in [4.69, 9.17) is 19.7 Å². The molecular formula is C18H26N4O3. The van der Waals surface area contributed by atoms with Crippen molar-refractivity contribution >= 4 is 5.96 Å². The molecule has 1 aromatic carbocycles. The first-order valence-corrected chi connectivity index (χ1v) is 8.13. The summed E-state index contributed by atoms with van der Waals surface area (Å²) < 4.78 is 15.7. The third-order valence-electron chi connectivity index (χ3n) is 4.05. The van der Waals surface area contributed by atoms with Crippen LogP contribution in [0.1, 0.15) is 35.4 Å². The van der Waals surface area contributed by atoms with Crippen LogP contribution in [-0.2, 0) is 6.54 Å². The summed E-state index contributed by atoms with van der Waals surface area (Å²) in [6.07, 6.45) is 0. The van der Waals surface area contributed by atoms with Crippen LogP contribution in [0.5, 0.6) is 11.5 Å². The van der Waals surface area contributed by atoms with Gasteiger partial charge >= 0.3 is 0 Å². The summed E-state index contributed by atoms with van der Waals surface area (Å²) in [5.41, 5.74) is 8.98. The van der Waals surface area contributed by atoms with Gasteiger partial charge in [-0.05, 0) is 31.5 Å². The van der Waals surface area contributed by atoms with Crippen LogP contribution in [0, 0.1) is 13.8 Å². The monoisotopic (exact) mass is 346 g/mol. The summed E-state index contributed by atoms with van der Waals surface area (Å²) in [6, 6.07) is 5.68. The van der Waals surface area contributed by atoms with E-state index >= 15 is 0 Å². The molecule has 7 heteroatoms. The van der Waals surface area contributed by atoms with Crippen molar-refractivity contribution in [3.8, 4) is 11.5 Å². The topological polar surface area (TPSA) is 94.9 Å². The van der Waals surface area contributed by atoms with E-state index in [0.717, 1.165) is 22.6 Å². The number of nitrogens with two attached hydrogens (primary N) is 1. The van der Waals surface area contributed by atoms with Crippen molar-refractivity contribution in [1.29, 1.82) is 0 Å². The standard InChI is InChI=1S/C18H26N4O3/c1-11(17-12(2)22-25-13(17)3)9-20-18(19)21-10-14-6-7-15(23-4)16(8-14)24-5/h6-8,11H,9-10H2,1-5H3,(H3,19,20,21). The lowest BCUT2D eigenvalue weighted by Gasteiger charge is -2.13. The first-order chi connectivity index (χ1) is 12.0. The number of nitrogens with one attached hydrogen (secondary N) is 1. The van der Waals surface area contributed by atoms with Crippen molar-refractivity contribution in [1.82, 2.24) is 10.5 Å². The van der Waals surface area contributed by atoms with Gasteiger partial charge in [-0.3, -0.25) is 0 Å². The van der Waals surface area contributed by atoms with Crippen LogP contribution >= 0.6 is 0 Å². The molecule has 1 aromatic heterocycles. The zero-order chi connectivity index (χ0) is 18.4. The summed E-state index contributed by atoms with van der Waals surface area (Å²) in [5, 5.41) is 7.13. The third kappa shape index (κ3) is 4.65. The molecule has 1 atom stereocenters. The average molecular weight is 346 g/mol. The fourth-order valence-electron chi connectivity index (χ4n) is 2.76. The van der Waals surface area contributed by atoms with Crippen molar-refractivity contribution in [2.24, 2.45) is 10.7 Å². The molecule has 0 saturated heterocycles. The van der Waals surface area contributed by atoms with E-state index in [9.17, 15) is 0 Å². The quantitative estimate of drug-likeness (QED) is 0.591. The molecule has 3 N–H and O–H groups in total. The Bertz CT molecular complexity index is 720. The van der Waals surface area contributed by atoms with Crippen molar-refractivity contribution < 1.29 is 14.0 Å². The number of hydrogen-bond donors (Lipinski definition) is 2. The van der Waals surface area contributed by atoms with Gasteiger partial charge in [0.2, 0.25) is 0 Å². The molecule has 0 spiro atoms. The summed E-state index contributed by atoms with van der Waals surface area (Å²) in [7, 11) is 3.22. The Balaban J connectivity index is 1.94. The first kappa shape index (κ1) is 18.6. The molecule has 0 aliphatic rings. The van der Waals surface area contributed by atoms with E-state index in [1.54, 1.807) is 14.2 Å². The summed E-state index contributed by atoms with van der Waals surface area (Å²) in [6.45, 7) is 7.07. The van der Waals surface area contributed by atoms with Crippen LogP contribution in [0.25, 0.3) is 0 Å². The van der Waals surface area contributed by atoms with E-state index in [1.807, 2.05) is 32.0 Å². The molecule has 136 valence electrons. The Morgan fingerprint density at radius 3 is 2.60 bits per heavy atom. The van der Waals surface area contributed by atoms with Gasteiger partial charge in [-0.1, -0.05) is 18.1 Å². The van der Waals surface area contributed by atoms with Crippen molar-refractivity contribution in [2.75, 3.05) is 20.8 Å². The lowest BCUT2D eigenvalue weighted by Crippen LogP contribution is -2.34. The molecule has 1 heterocycles. The number of aryl methyl sites for hydroxylation is 2. The Labute approximate surface area is 148 Å². The number of aromatic nitrogens is 1. The Morgan fingerprint density at radius 1 is 1.28 bits per heavy atom. The number of aliphatic imine (C=N–C) groups is 1. The van der Waals surface area contributed by atoms with E-state index in [1.165, 1.54) is 0 Å². The highest BCUT2D eigenvalue weighted by molar-refractivity contribution is 5.77. The zero-order valence-electron chi connectivity index (χ0n) is 15.4. The minimum absolute atomic E-state index is 0.223. The van der Waals surface area contributed by atoms with E-state index in [2.05, 4.69) is 22.4 Å². The van der Waals surface area contributed by atoms with Crippen LogP contribution in [0.4, 0.5) is 0 Å². The third-order valence-corrected chi connectivity index (χ3v) is 4.05. The van der Waals surface area contributed by atoms with Crippen LogP contribution in [0.15, 0.2) is 27.7 Å².